The molecule has 1 atom stereocenters. The fraction of sp³-hybridized carbons (Fsp3) is 0.529. The molecule has 4 heteroatoms. The maximum absolute atomic E-state index is 11.8. The SMILES string of the molecule is NCCCCCCNC(=O)CC(C=O)Cc1ccccc1. The van der Waals surface area contributed by atoms with Gasteiger partial charge in [0.1, 0.15) is 6.29 Å². The number of nitrogens with two attached hydrogens (primary N) is 1. The molecule has 3 N–H and O–H groups in total. The molecule has 0 radical (unpaired) electrons. The molecule has 1 rings (SSSR count). The van der Waals surface area contributed by atoms with Crippen molar-refractivity contribution in [3.05, 3.63) is 35.9 Å². The molecule has 1 aromatic rings. The van der Waals surface area contributed by atoms with Crippen LogP contribution in [-0.4, -0.2) is 25.3 Å². The molecule has 21 heavy (non-hydrogen) atoms. The van der Waals surface area contributed by atoms with Gasteiger partial charge in [-0.1, -0.05) is 43.2 Å². The van der Waals surface area contributed by atoms with E-state index in [-0.39, 0.29) is 18.2 Å². The molecule has 0 aliphatic heterocycles. The van der Waals surface area contributed by atoms with Crippen molar-refractivity contribution in [2.45, 2.75) is 38.5 Å². The molecule has 116 valence electrons. The van der Waals surface area contributed by atoms with E-state index in [0.29, 0.717) is 13.0 Å². The molecule has 1 unspecified atom stereocenters. The number of hydrogen-bond donors (Lipinski definition) is 2. The summed E-state index contributed by atoms with van der Waals surface area (Å²) in [5.74, 6) is -0.286. The van der Waals surface area contributed by atoms with Crippen LogP contribution in [0.15, 0.2) is 30.3 Å². The lowest BCUT2D eigenvalue weighted by Gasteiger charge is -2.11. The van der Waals surface area contributed by atoms with Crippen molar-refractivity contribution >= 4 is 12.2 Å². The molecular weight excluding hydrogens is 264 g/mol. The van der Waals surface area contributed by atoms with Crippen LogP contribution in [0.4, 0.5) is 0 Å². The molecule has 0 saturated carbocycles. The monoisotopic (exact) mass is 290 g/mol. The van der Waals surface area contributed by atoms with Crippen LogP contribution in [0.3, 0.4) is 0 Å². The van der Waals surface area contributed by atoms with Crippen LogP contribution in [-0.2, 0) is 16.0 Å². The van der Waals surface area contributed by atoms with Crippen LogP contribution in [0, 0.1) is 5.92 Å². The van der Waals surface area contributed by atoms with Gasteiger partial charge in [-0.05, 0) is 31.4 Å². The van der Waals surface area contributed by atoms with E-state index in [1.165, 1.54) is 0 Å². The summed E-state index contributed by atoms with van der Waals surface area (Å²) < 4.78 is 0. The average Bonchev–Trinajstić information content (AvgIpc) is 2.51. The van der Waals surface area contributed by atoms with Crippen molar-refractivity contribution in [1.82, 2.24) is 5.32 Å². The Kier molecular flexibility index (Phi) is 9.13. The third-order valence-electron chi connectivity index (χ3n) is 3.43. The Balaban J connectivity index is 2.20. The number of aldehydes is 1. The number of unbranched alkanes of at least 4 members (excludes halogenated alkanes) is 3. The van der Waals surface area contributed by atoms with E-state index in [1.54, 1.807) is 0 Å². The van der Waals surface area contributed by atoms with Gasteiger partial charge >= 0.3 is 0 Å². The van der Waals surface area contributed by atoms with Gasteiger partial charge in [-0.2, -0.15) is 0 Å². The predicted molar refractivity (Wildman–Crippen MR) is 84.8 cm³/mol. The van der Waals surface area contributed by atoms with Gasteiger partial charge < -0.3 is 15.8 Å². The van der Waals surface area contributed by atoms with Crippen LogP contribution in [0.5, 0.6) is 0 Å². The Labute approximate surface area is 127 Å². The second kappa shape index (κ2) is 11.0. The van der Waals surface area contributed by atoms with Gasteiger partial charge in [-0.25, -0.2) is 0 Å². The van der Waals surface area contributed by atoms with Gasteiger partial charge in [-0.15, -0.1) is 0 Å². The summed E-state index contributed by atoms with van der Waals surface area (Å²) in [5.41, 5.74) is 6.51. The quantitative estimate of drug-likeness (QED) is 0.484. The highest BCUT2D eigenvalue weighted by molar-refractivity contribution is 5.79. The van der Waals surface area contributed by atoms with E-state index < -0.39 is 0 Å². The van der Waals surface area contributed by atoms with E-state index in [1.807, 2.05) is 30.3 Å². The molecule has 0 bridgehead atoms. The topological polar surface area (TPSA) is 72.2 Å². The number of rotatable bonds is 11. The second-order valence-corrected chi connectivity index (χ2v) is 5.34. The van der Waals surface area contributed by atoms with Crippen molar-refractivity contribution in [1.29, 1.82) is 0 Å². The zero-order valence-corrected chi connectivity index (χ0v) is 12.6. The first-order chi connectivity index (χ1) is 10.3. The molecule has 0 spiro atoms. The average molecular weight is 290 g/mol. The van der Waals surface area contributed by atoms with Gasteiger partial charge in [0.15, 0.2) is 0 Å². The predicted octanol–water partition coefficient (Wildman–Crippen LogP) is 2.07. The van der Waals surface area contributed by atoms with Gasteiger partial charge in [0, 0.05) is 18.9 Å². The zero-order chi connectivity index (χ0) is 15.3. The molecule has 1 aromatic carbocycles. The van der Waals surface area contributed by atoms with Crippen LogP contribution < -0.4 is 11.1 Å². The molecule has 0 aliphatic rings. The normalized spacial score (nSPS) is 11.9. The number of benzene rings is 1. The minimum absolute atomic E-state index is 0.0399. The van der Waals surface area contributed by atoms with Crippen molar-refractivity contribution in [2.75, 3.05) is 13.1 Å². The van der Waals surface area contributed by atoms with Crippen LogP contribution in [0.2, 0.25) is 0 Å². The van der Waals surface area contributed by atoms with Crippen LogP contribution >= 0.6 is 0 Å². The van der Waals surface area contributed by atoms with Crippen molar-refractivity contribution in [3.63, 3.8) is 0 Å². The van der Waals surface area contributed by atoms with Crippen molar-refractivity contribution in [3.8, 4) is 0 Å². The molecule has 0 aromatic heterocycles. The Hall–Kier alpha value is -1.68. The number of hydrogen-bond acceptors (Lipinski definition) is 3. The summed E-state index contributed by atoms with van der Waals surface area (Å²) in [6.07, 6.45) is 5.97. The smallest absolute Gasteiger partial charge is 0.220 e. The van der Waals surface area contributed by atoms with E-state index in [4.69, 9.17) is 5.73 Å². The fourth-order valence-electron chi connectivity index (χ4n) is 2.25. The first kappa shape index (κ1) is 17.4. The first-order valence-electron chi connectivity index (χ1n) is 7.72. The molecule has 0 saturated heterocycles. The number of nitrogens with one attached hydrogen (secondary N) is 1. The van der Waals surface area contributed by atoms with E-state index in [2.05, 4.69) is 5.32 Å². The maximum Gasteiger partial charge on any atom is 0.220 e. The fourth-order valence-corrected chi connectivity index (χ4v) is 2.25. The lowest BCUT2D eigenvalue weighted by molar-refractivity contribution is -0.124. The van der Waals surface area contributed by atoms with Crippen molar-refractivity contribution in [2.24, 2.45) is 11.7 Å². The second-order valence-electron chi connectivity index (χ2n) is 5.34. The minimum Gasteiger partial charge on any atom is -0.356 e. The van der Waals surface area contributed by atoms with Crippen molar-refractivity contribution < 1.29 is 9.59 Å². The number of amides is 1. The lowest BCUT2D eigenvalue weighted by Crippen LogP contribution is -2.27. The highest BCUT2D eigenvalue weighted by atomic mass is 16.1. The first-order valence-corrected chi connectivity index (χ1v) is 7.72. The van der Waals surface area contributed by atoms with E-state index in [0.717, 1.165) is 44.1 Å². The van der Waals surface area contributed by atoms with Gasteiger partial charge in [0.2, 0.25) is 5.91 Å². The number of carbonyl (C=O) groups excluding carboxylic acids is 2. The molecule has 0 heterocycles. The van der Waals surface area contributed by atoms with Gasteiger partial charge in [0.05, 0.1) is 0 Å². The molecular formula is C17H26N2O2. The van der Waals surface area contributed by atoms with Crippen LogP contribution in [0.1, 0.15) is 37.7 Å². The summed E-state index contributed by atoms with van der Waals surface area (Å²) in [6, 6.07) is 9.78. The third-order valence-corrected chi connectivity index (χ3v) is 3.43. The Morgan fingerprint density at radius 2 is 1.86 bits per heavy atom. The summed E-state index contributed by atoms with van der Waals surface area (Å²) in [4.78, 5) is 22.9. The molecule has 0 aliphatic carbocycles. The highest BCUT2D eigenvalue weighted by Crippen LogP contribution is 2.10. The Bertz CT molecular complexity index is 407. The highest BCUT2D eigenvalue weighted by Gasteiger charge is 2.13. The van der Waals surface area contributed by atoms with Crippen LogP contribution in [0.25, 0.3) is 0 Å². The molecule has 0 fully saturated rings. The maximum atomic E-state index is 11.8. The lowest BCUT2D eigenvalue weighted by atomic mass is 9.97. The zero-order valence-electron chi connectivity index (χ0n) is 12.6. The largest absolute Gasteiger partial charge is 0.356 e. The standard InChI is InChI=1S/C17H26N2O2/c18-10-6-1-2-7-11-19-17(21)13-16(14-20)12-15-8-4-3-5-9-15/h3-5,8-9,14,16H,1-2,6-7,10-13,18H2,(H,19,21). The summed E-state index contributed by atoms with van der Waals surface area (Å²) in [6.45, 7) is 1.41. The van der Waals surface area contributed by atoms with E-state index in [9.17, 15) is 9.59 Å². The summed E-state index contributed by atoms with van der Waals surface area (Å²) >= 11 is 0. The van der Waals surface area contributed by atoms with Gasteiger partial charge in [-0.3, -0.25) is 4.79 Å². The Morgan fingerprint density at radius 1 is 1.14 bits per heavy atom. The number of carbonyl (C=O) groups is 2. The minimum atomic E-state index is -0.246. The van der Waals surface area contributed by atoms with E-state index >= 15 is 0 Å². The summed E-state index contributed by atoms with van der Waals surface area (Å²) in [5, 5.41) is 2.88. The van der Waals surface area contributed by atoms with Gasteiger partial charge in [0.25, 0.3) is 0 Å². The molecule has 4 nitrogen and oxygen atoms in total. The Morgan fingerprint density at radius 3 is 2.52 bits per heavy atom. The third kappa shape index (κ3) is 8.25. The molecule has 1 amide bonds. The summed E-state index contributed by atoms with van der Waals surface area (Å²) in [7, 11) is 0.